The largest absolute Gasteiger partial charge is 0.494 e. The van der Waals surface area contributed by atoms with Gasteiger partial charge in [0.05, 0.1) is 26.2 Å². The zero-order valence-electron chi connectivity index (χ0n) is 21.8. The average molecular weight is 573 g/mol. The van der Waals surface area contributed by atoms with Crippen LogP contribution in [0.3, 0.4) is 0 Å². The molecular formula is C30H33ClO7S. The van der Waals surface area contributed by atoms with E-state index in [0.717, 1.165) is 27.3 Å². The monoisotopic (exact) mass is 572 g/mol. The molecule has 0 aromatic heterocycles. The molecule has 0 unspecified atom stereocenters. The molecule has 39 heavy (non-hydrogen) atoms. The molecule has 1 aliphatic heterocycles. The van der Waals surface area contributed by atoms with Crippen LogP contribution in [-0.2, 0) is 27.1 Å². The van der Waals surface area contributed by atoms with Crippen molar-refractivity contribution in [1.82, 2.24) is 0 Å². The van der Waals surface area contributed by atoms with E-state index in [1.54, 1.807) is 12.1 Å². The minimum absolute atomic E-state index is 0.194. The minimum atomic E-state index is -1.37. The summed E-state index contributed by atoms with van der Waals surface area (Å²) in [6, 6.07) is 20.7. The SMILES string of the molecule is CCOc1ccc(Cc2cc([C@@H]3O[C@H](CSc4ccc(CC(=O)OC)cc4)[C@@H](O)[C@H](O)[C@H]3O)ccc2Cl)cc1. The fourth-order valence-corrected chi connectivity index (χ4v) is 5.63. The van der Waals surface area contributed by atoms with Crippen molar-refractivity contribution in [3.63, 3.8) is 0 Å². The number of ether oxygens (including phenoxy) is 3. The first-order chi connectivity index (χ1) is 18.8. The summed E-state index contributed by atoms with van der Waals surface area (Å²) in [7, 11) is 1.35. The van der Waals surface area contributed by atoms with Crippen molar-refractivity contribution in [2.24, 2.45) is 0 Å². The number of methoxy groups -OCH3 is 1. The normalized spacial score (nSPS) is 22.9. The summed E-state index contributed by atoms with van der Waals surface area (Å²) < 4.78 is 16.4. The third-order valence-corrected chi connectivity index (χ3v) is 8.12. The van der Waals surface area contributed by atoms with Gasteiger partial charge in [-0.15, -0.1) is 11.8 Å². The number of hydrogen-bond donors (Lipinski definition) is 3. The number of carbonyl (C=O) groups excluding carboxylic acids is 1. The Bertz CT molecular complexity index is 1240. The highest BCUT2D eigenvalue weighted by atomic mass is 35.5. The minimum Gasteiger partial charge on any atom is -0.494 e. The third-order valence-electron chi connectivity index (χ3n) is 6.65. The Morgan fingerprint density at radius 1 is 0.949 bits per heavy atom. The molecule has 0 radical (unpaired) electrons. The molecule has 3 N–H and O–H groups in total. The van der Waals surface area contributed by atoms with Crippen molar-refractivity contribution in [1.29, 1.82) is 0 Å². The van der Waals surface area contributed by atoms with E-state index in [-0.39, 0.29) is 12.4 Å². The molecule has 3 aromatic rings. The Labute approximate surface area is 237 Å². The number of carbonyl (C=O) groups is 1. The molecule has 9 heteroatoms. The van der Waals surface area contributed by atoms with E-state index in [9.17, 15) is 20.1 Å². The summed E-state index contributed by atoms with van der Waals surface area (Å²) in [5, 5.41) is 32.7. The smallest absolute Gasteiger partial charge is 0.309 e. The van der Waals surface area contributed by atoms with E-state index in [0.29, 0.717) is 29.4 Å². The maximum Gasteiger partial charge on any atom is 0.309 e. The van der Waals surface area contributed by atoms with E-state index in [4.69, 9.17) is 25.8 Å². The number of halogens is 1. The highest BCUT2D eigenvalue weighted by Crippen LogP contribution is 2.36. The molecule has 4 rings (SSSR count). The van der Waals surface area contributed by atoms with Gasteiger partial charge >= 0.3 is 5.97 Å². The van der Waals surface area contributed by atoms with Crippen molar-refractivity contribution in [3.8, 4) is 5.75 Å². The Balaban J connectivity index is 1.45. The van der Waals surface area contributed by atoms with Crippen molar-refractivity contribution < 1.29 is 34.3 Å². The molecule has 7 nitrogen and oxygen atoms in total. The Morgan fingerprint density at radius 2 is 1.64 bits per heavy atom. The van der Waals surface area contributed by atoms with Crippen LogP contribution in [0.5, 0.6) is 5.75 Å². The van der Waals surface area contributed by atoms with E-state index >= 15 is 0 Å². The van der Waals surface area contributed by atoms with Gasteiger partial charge in [0.25, 0.3) is 0 Å². The highest BCUT2D eigenvalue weighted by molar-refractivity contribution is 7.99. The molecule has 5 atom stereocenters. The number of esters is 1. The first-order valence-corrected chi connectivity index (χ1v) is 14.1. The van der Waals surface area contributed by atoms with Gasteiger partial charge in [-0.1, -0.05) is 48.0 Å². The second-order valence-electron chi connectivity index (χ2n) is 9.38. The zero-order chi connectivity index (χ0) is 27.9. The Kier molecular flexibility index (Phi) is 10.3. The molecule has 0 spiro atoms. The number of thioether (sulfide) groups is 1. The number of aliphatic hydroxyl groups excluding tert-OH is 3. The molecule has 0 aliphatic carbocycles. The first kappa shape index (κ1) is 29.4. The lowest BCUT2D eigenvalue weighted by atomic mass is 9.90. The molecule has 3 aromatic carbocycles. The highest BCUT2D eigenvalue weighted by Gasteiger charge is 2.44. The van der Waals surface area contributed by atoms with Gasteiger partial charge in [-0.2, -0.15) is 0 Å². The van der Waals surface area contributed by atoms with Gasteiger partial charge in [0.15, 0.2) is 0 Å². The molecule has 1 heterocycles. The van der Waals surface area contributed by atoms with Crippen molar-refractivity contribution in [2.75, 3.05) is 19.5 Å². The molecule has 1 saturated heterocycles. The average Bonchev–Trinajstić information content (AvgIpc) is 2.94. The molecule has 1 aliphatic rings. The fourth-order valence-electron chi connectivity index (χ4n) is 4.48. The predicted molar refractivity (Wildman–Crippen MR) is 150 cm³/mol. The molecule has 0 bridgehead atoms. The van der Waals surface area contributed by atoms with Crippen LogP contribution in [0.4, 0.5) is 0 Å². The van der Waals surface area contributed by atoms with Crippen LogP contribution in [0.1, 0.15) is 35.3 Å². The van der Waals surface area contributed by atoms with E-state index < -0.39 is 30.5 Å². The maximum atomic E-state index is 11.5. The number of benzene rings is 3. The lowest BCUT2D eigenvalue weighted by molar-refractivity contribution is -0.218. The van der Waals surface area contributed by atoms with Gasteiger partial charge in [0, 0.05) is 15.7 Å². The summed E-state index contributed by atoms with van der Waals surface area (Å²) in [5.74, 6) is 0.843. The second-order valence-corrected chi connectivity index (χ2v) is 10.9. The van der Waals surface area contributed by atoms with Crippen LogP contribution in [0, 0.1) is 0 Å². The summed E-state index contributed by atoms with van der Waals surface area (Å²) in [4.78, 5) is 12.4. The van der Waals surface area contributed by atoms with Crippen LogP contribution in [-0.4, -0.2) is 65.2 Å². The van der Waals surface area contributed by atoms with Crippen LogP contribution in [0.15, 0.2) is 71.6 Å². The quantitative estimate of drug-likeness (QED) is 0.243. The van der Waals surface area contributed by atoms with E-state index in [1.807, 2.05) is 61.5 Å². The predicted octanol–water partition coefficient (Wildman–Crippen LogP) is 4.36. The lowest BCUT2D eigenvalue weighted by Crippen LogP contribution is -2.54. The number of hydrogen-bond acceptors (Lipinski definition) is 8. The van der Waals surface area contributed by atoms with Crippen LogP contribution in [0.25, 0.3) is 0 Å². The maximum absolute atomic E-state index is 11.5. The van der Waals surface area contributed by atoms with Gasteiger partial charge in [-0.05, 0) is 65.9 Å². The van der Waals surface area contributed by atoms with Crippen LogP contribution >= 0.6 is 23.4 Å². The van der Waals surface area contributed by atoms with Gasteiger partial charge in [0.1, 0.15) is 30.2 Å². The van der Waals surface area contributed by atoms with Gasteiger partial charge in [-0.3, -0.25) is 4.79 Å². The van der Waals surface area contributed by atoms with Gasteiger partial charge < -0.3 is 29.5 Å². The molecule has 0 amide bonds. The third kappa shape index (κ3) is 7.54. The molecule has 1 fully saturated rings. The zero-order valence-corrected chi connectivity index (χ0v) is 23.4. The second kappa shape index (κ2) is 13.7. The molecular weight excluding hydrogens is 540 g/mol. The Hall–Kier alpha value is -2.59. The fraction of sp³-hybridized carbons (Fsp3) is 0.367. The molecule has 0 saturated carbocycles. The van der Waals surface area contributed by atoms with Gasteiger partial charge in [-0.25, -0.2) is 0 Å². The molecule has 208 valence electrons. The van der Waals surface area contributed by atoms with Crippen molar-refractivity contribution in [3.05, 3.63) is 94.0 Å². The van der Waals surface area contributed by atoms with Crippen molar-refractivity contribution in [2.45, 2.75) is 55.2 Å². The Morgan fingerprint density at radius 3 is 2.31 bits per heavy atom. The standard InChI is InChI=1S/C30H33ClO7S/c1-3-37-22-9-4-18(5-10-22)14-21-16-20(8-13-24(21)31)30-29(35)28(34)27(33)25(38-30)17-39-23-11-6-19(7-12-23)15-26(32)36-2/h4-13,16,25,27-30,33-35H,3,14-15,17H2,1-2H3/t25-,27-,28+,29-,30+/m1/s1. The summed E-state index contributed by atoms with van der Waals surface area (Å²) >= 11 is 7.95. The number of rotatable bonds is 10. The summed E-state index contributed by atoms with van der Waals surface area (Å²) in [6.07, 6.45) is -4.73. The first-order valence-electron chi connectivity index (χ1n) is 12.8. The van der Waals surface area contributed by atoms with Crippen LogP contribution < -0.4 is 4.74 Å². The van der Waals surface area contributed by atoms with Crippen molar-refractivity contribution >= 4 is 29.3 Å². The topological polar surface area (TPSA) is 105 Å². The van der Waals surface area contributed by atoms with Crippen LogP contribution in [0.2, 0.25) is 5.02 Å². The lowest BCUT2D eigenvalue weighted by Gasteiger charge is -2.41. The van der Waals surface area contributed by atoms with E-state index in [2.05, 4.69) is 0 Å². The van der Waals surface area contributed by atoms with E-state index in [1.165, 1.54) is 18.9 Å². The number of aliphatic hydroxyl groups is 3. The summed E-state index contributed by atoms with van der Waals surface area (Å²) in [6.45, 7) is 2.53. The summed E-state index contributed by atoms with van der Waals surface area (Å²) in [5.41, 5.74) is 3.40. The van der Waals surface area contributed by atoms with Gasteiger partial charge in [0.2, 0.25) is 0 Å².